The number of H-pyrrole nitrogens is 1. The third-order valence-electron chi connectivity index (χ3n) is 8.10. The van der Waals surface area contributed by atoms with E-state index in [0.717, 1.165) is 35.9 Å². The Balaban J connectivity index is 1.16. The Bertz CT molecular complexity index is 1490. The molecule has 0 bridgehead atoms. The normalized spacial score (nSPS) is 18.6. The molecule has 2 aliphatic heterocycles. The van der Waals surface area contributed by atoms with Gasteiger partial charge < -0.3 is 24.6 Å². The number of aromatic hydroxyl groups is 1. The zero-order chi connectivity index (χ0) is 25.5. The van der Waals surface area contributed by atoms with E-state index in [1.165, 1.54) is 10.9 Å². The first-order valence-electron chi connectivity index (χ1n) is 13.0. The zero-order valence-electron chi connectivity index (χ0n) is 20.9. The number of ether oxygens (including phenoxy) is 1. The van der Waals surface area contributed by atoms with Crippen molar-refractivity contribution < 1.29 is 19.4 Å². The molecule has 0 saturated carbocycles. The molecular weight excluding hydrogens is 466 g/mol. The van der Waals surface area contributed by atoms with Crippen LogP contribution in [0.4, 0.5) is 0 Å². The first kappa shape index (κ1) is 23.4. The molecule has 1 aromatic heterocycles. The number of hydrogen-bond donors (Lipinski definition) is 2. The highest BCUT2D eigenvalue weighted by Gasteiger charge is 2.39. The highest BCUT2D eigenvalue weighted by atomic mass is 16.5. The molecule has 3 aromatic carbocycles. The van der Waals surface area contributed by atoms with Crippen LogP contribution < -0.4 is 4.74 Å². The van der Waals surface area contributed by atoms with Gasteiger partial charge in [0.05, 0.1) is 12.7 Å². The van der Waals surface area contributed by atoms with Gasteiger partial charge in [-0.3, -0.25) is 9.59 Å². The van der Waals surface area contributed by atoms with E-state index in [0.29, 0.717) is 37.4 Å². The summed E-state index contributed by atoms with van der Waals surface area (Å²) in [7, 11) is 1.68. The van der Waals surface area contributed by atoms with Gasteiger partial charge in [0.15, 0.2) is 0 Å². The maximum atomic E-state index is 13.6. The molecule has 0 spiro atoms. The number of carbonyl (C=O) groups is 2. The fourth-order valence-electron chi connectivity index (χ4n) is 6.06. The van der Waals surface area contributed by atoms with E-state index < -0.39 is 6.04 Å². The van der Waals surface area contributed by atoms with Crippen LogP contribution in [0.3, 0.4) is 0 Å². The first-order valence-corrected chi connectivity index (χ1v) is 13.0. The second-order valence-corrected chi connectivity index (χ2v) is 10.1. The van der Waals surface area contributed by atoms with E-state index >= 15 is 0 Å². The number of likely N-dealkylation sites (tertiary alicyclic amines) is 2. The zero-order valence-corrected chi connectivity index (χ0v) is 20.9. The molecule has 1 unspecified atom stereocenters. The number of aromatic amines is 1. The second kappa shape index (κ2) is 9.47. The molecule has 0 radical (unpaired) electrons. The number of hydrogen-bond acceptors (Lipinski definition) is 4. The number of nitrogens with one attached hydrogen (secondary N) is 1. The van der Waals surface area contributed by atoms with Crippen molar-refractivity contribution in [3.8, 4) is 11.5 Å². The van der Waals surface area contributed by atoms with Crippen LogP contribution in [0.25, 0.3) is 21.7 Å². The average molecular weight is 498 g/mol. The molecule has 2 N–H and O–H groups in total. The number of rotatable bonds is 4. The lowest BCUT2D eigenvalue weighted by Gasteiger charge is -2.35. The quantitative estimate of drug-likeness (QED) is 0.413. The number of fused-ring (bicyclic) bond motifs is 2. The Morgan fingerprint density at radius 1 is 0.973 bits per heavy atom. The molecule has 7 heteroatoms. The monoisotopic (exact) mass is 497 g/mol. The van der Waals surface area contributed by atoms with Crippen LogP contribution in [-0.2, 0) is 4.79 Å². The summed E-state index contributed by atoms with van der Waals surface area (Å²) in [6.07, 6.45) is 5.27. The predicted molar refractivity (Wildman–Crippen MR) is 143 cm³/mol. The number of phenols is 1. The maximum Gasteiger partial charge on any atom is 0.258 e. The molecule has 2 amide bonds. The van der Waals surface area contributed by atoms with Gasteiger partial charge in [0.2, 0.25) is 5.91 Å². The van der Waals surface area contributed by atoms with Crippen molar-refractivity contribution in [2.75, 3.05) is 26.7 Å². The van der Waals surface area contributed by atoms with Crippen LogP contribution in [0.5, 0.6) is 11.5 Å². The number of amides is 2. The molecule has 2 saturated heterocycles. The minimum atomic E-state index is -0.479. The molecule has 1 atom stereocenters. The molecule has 0 aliphatic carbocycles. The molecule has 37 heavy (non-hydrogen) atoms. The Hall–Kier alpha value is -4.00. The minimum absolute atomic E-state index is 0.0163. The summed E-state index contributed by atoms with van der Waals surface area (Å²) in [6.45, 7) is 1.86. The Kier molecular flexibility index (Phi) is 5.99. The lowest BCUT2D eigenvalue weighted by molar-refractivity contribution is -0.136. The third kappa shape index (κ3) is 4.08. The summed E-state index contributed by atoms with van der Waals surface area (Å²) in [5.74, 6) is 0.925. The molecule has 7 nitrogen and oxygen atoms in total. The topological polar surface area (TPSA) is 85.9 Å². The minimum Gasteiger partial charge on any atom is -0.506 e. The van der Waals surface area contributed by atoms with Crippen molar-refractivity contribution in [1.29, 1.82) is 0 Å². The number of nitrogens with zero attached hydrogens (tertiary/aromatic N) is 2. The number of benzene rings is 3. The summed E-state index contributed by atoms with van der Waals surface area (Å²) in [6, 6.07) is 16.6. The van der Waals surface area contributed by atoms with Crippen molar-refractivity contribution in [2.45, 2.75) is 37.6 Å². The summed E-state index contributed by atoms with van der Waals surface area (Å²) in [5, 5.41) is 13.5. The van der Waals surface area contributed by atoms with Gasteiger partial charge in [0.1, 0.15) is 17.5 Å². The van der Waals surface area contributed by atoms with Crippen LogP contribution in [0, 0.1) is 0 Å². The van der Waals surface area contributed by atoms with Gasteiger partial charge in [-0.2, -0.15) is 0 Å². The van der Waals surface area contributed by atoms with Crippen molar-refractivity contribution >= 4 is 33.5 Å². The van der Waals surface area contributed by atoms with E-state index in [1.807, 2.05) is 47.4 Å². The van der Waals surface area contributed by atoms with Gasteiger partial charge >= 0.3 is 0 Å². The molecule has 4 aromatic rings. The van der Waals surface area contributed by atoms with Crippen LogP contribution in [-0.4, -0.2) is 64.5 Å². The number of aromatic nitrogens is 1. The Morgan fingerprint density at radius 2 is 1.78 bits per heavy atom. The van der Waals surface area contributed by atoms with Gasteiger partial charge in [0.25, 0.3) is 5.91 Å². The fraction of sp³-hybridized carbons (Fsp3) is 0.333. The van der Waals surface area contributed by atoms with Gasteiger partial charge in [-0.25, -0.2) is 0 Å². The van der Waals surface area contributed by atoms with Gasteiger partial charge in [-0.05, 0) is 66.8 Å². The summed E-state index contributed by atoms with van der Waals surface area (Å²) in [4.78, 5) is 34.0. The molecule has 6 rings (SSSR count). The van der Waals surface area contributed by atoms with E-state index in [4.69, 9.17) is 4.74 Å². The highest BCUT2D eigenvalue weighted by Crippen LogP contribution is 2.36. The van der Waals surface area contributed by atoms with Gasteiger partial charge in [-0.15, -0.1) is 0 Å². The maximum absolute atomic E-state index is 13.6. The first-order chi connectivity index (χ1) is 18.0. The number of piperidine rings is 1. The standard InChI is InChI=1S/C30H31N3O4/c1-37-21-9-11-26-24(17-21)25(18-31-26)20-12-15-32(16-13-20)30(36)27-7-4-14-33(27)29(35)23-10-8-19-5-2-3-6-22(19)28(23)34/h2-3,5-6,8-11,17-18,20,27,31,34H,4,7,12-16H2,1H3. The fourth-order valence-corrected chi connectivity index (χ4v) is 6.06. The number of methoxy groups -OCH3 is 1. The number of phenolic OH excluding ortho intramolecular Hbond substituents is 1. The highest BCUT2D eigenvalue weighted by molar-refractivity contribution is 6.05. The molecular formula is C30H31N3O4. The van der Waals surface area contributed by atoms with Crippen molar-refractivity contribution in [2.24, 2.45) is 0 Å². The van der Waals surface area contributed by atoms with Crippen molar-refractivity contribution in [1.82, 2.24) is 14.8 Å². The van der Waals surface area contributed by atoms with E-state index in [-0.39, 0.29) is 23.1 Å². The van der Waals surface area contributed by atoms with Crippen LogP contribution in [0.1, 0.15) is 47.5 Å². The van der Waals surface area contributed by atoms with Crippen LogP contribution in [0.15, 0.2) is 60.8 Å². The van der Waals surface area contributed by atoms with E-state index in [9.17, 15) is 14.7 Å². The Morgan fingerprint density at radius 3 is 2.59 bits per heavy atom. The number of carbonyl (C=O) groups excluding carboxylic acids is 2. The van der Waals surface area contributed by atoms with Crippen LogP contribution >= 0.6 is 0 Å². The molecule has 190 valence electrons. The van der Waals surface area contributed by atoms with Gasteiger partial charge in [0, 0.05) is 42.1 Å². The summed E-state index contributed by atoms with van der Waals surface area (Å²) >= 11 is 0. The molecule has 3 heterocycles. The average Bonchev–Trinajstić information content (AvgIpc) is 3.60. The smallest absolute Gasteiger partial charge is 0.258 e. The third-order valence-corrected chi connectivity index (χ3v) is 8.10. The summed E-state index contributed by atoms with van der Waals surface area (Å²) in [5.41, 5.74) is 2.61. The predicted octanol–water partition coefficient (Wildman–Crippen LogP) is 5.05. The second-order valence-electron chi connectivity index (χ2n) is 10.1. The summed E-state index contributed by atoms with van der Waals surface area (Å²) < 4.78 is 5.41. The van der Waals surface area contributed by atoms with Crippen molar-refractivity contribution in [3.05, 3.63) is 71.9 Å². The van der Waals surface area contributed by atoms with Crippen LogP contribution in [0.2, 0.25) is 0 Å². The molecule has 2 fully saturated rings. The Labute approximate surface area is 215 Å². The van der Waals surface area contributed by atoms with E-state index in [1.54, 1.807) is 18.1 Å². The van der Waals surface area contributed by atoms with Crippen molar-refractivity contribution in [3.63, 3.8) is 0 Å². The van der Waals surface area contributed by atoms with E-state index in [2.05, 4.69) is 17.2 Å². The lowest BCUT2D eigenvalue weighted by atomic mass is 9.89. The van der Waals surface area contributed by atoms with Gasteiger partial charge in [-0.1, -0.05) is 30.3 Å². The largest absolute Gasteiger partial charge is 0.506 e. The lowest BCUT2D eigenvalue weighted by Crippen LogP contribution is -2.49. The molecule has 2 aliphatic rings. The SMILES string of the molecule is COc1ccc2[nH]cc(C3CCN(C(=O)C4CCCN4C(=O)c4ccc5ccccc5c4O)CC3)c2c1.